The van der Waals surface area contributed by atoms with Crippen molar-refractivity contribution in [3.05, 3.63) is 66.0 Å². The van der Waals surface area contributed by atoms with E-state index in [0.717, 1.165) is 23.7 Å². The van der Waals surface area contributed by atoms with E-state index in [-0.39, 0.29) is 5.91 Å². The highest BCUT2D eigenvalue weighted by Crippen LogP contribution is 2.29. The van der Waals surface area contributed by atoms with Gasteiger partial charge < -0.3 is 10.3 Å². The van der Waals surface area contributed by atoms with Gasteiger partial charge in [0.25, 0.3) is 5.91 Å². The molecule has 0 radical (unpaired) electrons. The van der Waals surface area contributed by atoms with Gasteiger partial charge in [0.05, 0.1) is 11.9 Å². The van der Waals surface area contributed by atoms with Crippen LogP contribution in [0.15, 0.2) is 49.2 Å². The molecule has 1 aliphatic rings. The molecule has 4 aromatic rings. The number of aryl methyl sites for hydroxylation is 2. The molecule has 1 amide bonds. The molecule has 0 spiro atoms. The van der Waals surface area contributed by atoms with E-state index >= 15 is 0 Å². The predicted octanol–water partition coefficient (Wildman–Crippen LogP) is 3.27. The number of pyridine rings is 1. The van der Waals surface area contributed by atoms with Crippen LogP contribution in [0, 0.1) is 0 Å². The first-order valence-corrected chi connectivity index (χ1v) is 9.04. The van der Waals surface area contributed by atoms with Gasteiger partial charge in [-0.2, -0.15) is 5.10 Å². The van der Waals surface area contributed by atoms with Crippen LogP contribution in [0.4, 0.5) is 5.69 Å². The summed E-state index contributed by atoms with van der Waals surface area (Å²) in [4.78, 5) is 24.4. The zero-order valence-electron chi connectivity index (χ0n) is 14.6. The third-order valence-electron chi connectivity index (χ3n) is 5.02. The Labute approximate surface area is 155 Å². The van der Waals surface area contributed by atoms with Gasteiger partial charge in [0.1, 0.15) is 12.7 Å². The summed E-state index contributed by atoms with van der Waals surface area (Å²) in [5.74, 6) is 0.504. The van der Waals surface area contributed by atoms with E-state index in [1.807, 2.05) is 18.2 Å². The predicted molar refractivity (Wildman–Crippen MR) is 102 cm³/mol. The minimum absolute atomic E-state index is 0.141. The number of anilines is 1. The number of H-pyrrole nitrogens is 1. The molecule has 134 valence electrons. The minimum Gasteiger partial charge on any atom is -0.358 e. The van der Waals surface area contributed by atoms with Crippen molar-refractivity contribution in [1.29, 1.82) is 0 Å². The monoisotopic (exact) mass is 358 g/mol. The highest BCUT2D eigenvalue weighted by Gasteiger charge is 2.17. The Bertz CT molecular complexity index is 1110. The van der Waals surface area contributed by atoms with Gasteiger partial charge in [0.15, 0.2) is 5.82 Å². The topological polar surface area (TPSA) is 88.5 Å². The summed E-state index contributed by atoms with van der Waals surface area (Å²) in [6.45, 7) is 0. The highest BCUT2D eigenvalue weighted by molar-refractivity contribution is 6.06. The first-order chi connectivity index (χ1) is 13.3. The molecular weight excluding hydrogens is 340 g/mol. The lowest BCUT2D eigenvalue weighted by atomic mass is 9.95. The van der Waals surface area contributed by atoms with Crippen LogP contribution in [0.3, 0.4) is 0 Å². The quantitative estimate of drug-likeness (QED) is 0.588. The standard InChI is InChI=1S/C20H18N6O/c27-20(24-14-6-8-19(22-10-14)26-12-21-11-23-26)13-5-7-18-16(9-13)15-3-1-2-4-17(15)25-18/h5-12,25H,1-4H2,(H,24,27). The Morgan fingerprint density at radius 3 is 2.89 bits per heavy atom. The van der Waals surface area contributed by atoms with Crippen LogP contribution in [-0.2, 0) is 12.8 Å². The van der Waals surface area contributed by atoms with E-state index in [0.29, 0.717) is 17.1 Å². The molecule has 0 saturated heterocycles. The number of aromatic nitrogens is 5. The molecule has 0 aliphatic heterocycles. The summed E-state index contributed by atoms with van der Waals surface area (Å²) in [6.07, 6.45) is 9.25. The average molecular weight is 358 g/mol. The van der Waals surface area contributed by atoms with Crippen molar-refractivity contribution in [3.63, 3.8) is 0 Å². The normalized spacial score (nSPS) is 13.5. The van der Waals surface area contributed by atoms with Crippen LogP contribution < -0.4 is 5.32 Å². The van der Waals surface area contributed by atoms with Crippen molar-refractivity contribution in [2.75, 3.05) is 5.32 Å². The Kier molecular flexibility index (Phi) is 3.71. The lowest BCUT2D eigenvalue weighted by molar-refractivity contribution is 0.102. The molecule has 0 unspecified atom stereocenters. The van der Waals surface area contributed by atoms with Crippen LogP contribution in [0.2, 0.25) is 0 Å². The Morgan fingerprint density at radius 2 is 2.07 bits per heavy atom. The number of nitrogens with one attached hydrogen (secondary N) is 2. The number of fused-ring (bicyclic) bond motifs is 3. The molecule has 27 heavy (non-hydrogen) atoms. The SMILES string of the molecule is O=C(Nc1ccc(-n2cncn2)nc1)c1ccc2[nH]c3c(c2c1)CCCC3. The van der Waals surface area contributed by atoms with Crippen LogP contribution in [0.1, 0.15) is 34.5 Å². The number of carbonyl (C=O) groups is 1. The zero-order valence-corrected chi connectivity index (χ0v) is 14.6. The Balaban J connectivity index is 1.39. The van der Waals surface area contributed by atoms with Gasteiger partial charge in [0.2, 0.25) is 0 Å². The molecule has 1 aliphatic carbocycles. The maximum atomic E-state index is 12.7. The molecule has 0 atom stereocenters. The number of benzene rings is 1. The first-order valence-electron chi connectivity index (χ1n) is 9.04. The molecule has 3 heterocycles. The summed E-state index contributed by atoms with van der Waals surface area (Å²) in [5, 5.41) is 8.11. The van der Waals surface area contributed by atoms with Gasteiger partial charge in [-0.1, -0.05) is 0 Å². The van der Waals surface area contributed by atoms with Crippen LogP contribution in [-0.4, -0.2) is 30.6 Å². The van der Waals surface area contributed by atoms with Gasteiger partial charge in [-0.05, 0) is 61.6 Å². The second kappa shape index (κ2) is 6.35. The van der Waals surface area contributed by atoms with Gasteiger partial charge in [-0.15, -0.1) is 0 Å². The number of amides is 1. The highest BCUT2D eigenvalue weighted by atomic mass is 16.1. The van der Waals surface area contributed by atoms with Crippen molar-refractivity contribution in [2.45, 2.75) is 25.7 Å². The van der Waals surface area contributed by atoms with Crippen LogP contribution >= 0.6 is 0 Å². The lowest BCUT2D eigenvalue weighted by Gasteiger charge is -2.10. The smallest absolute Gasteiger partial charge is 0.255 e. The van der Waals surface area contributed by atoms with E-state index in [1.165, 1.54) is 30.4 Å². The molecule has 5 rings (SSSR count). The second-order valence-electron chi connectivity index (χ2n) is 6.75. The summed E-state index contributed by atoms with van der Waals surface area (Å²) >= 11 is 0. The van der Waals surface area contributed by atoms with Gasteiger partial charge in [0, 0.05) is 22.2 Å². The number of nitrogens with zero attached hydrogens (tertiary/aromatic N) is 4. The molecule has 7 nitrogen and oxygen atoms in total. The zero-order chi connectivity index (χ0) is 18.2. The average Bonchev–Trinajstić information content (AvgIpc) is 3.36. The van der Waals surface area contributed by atoms with Crippen LogP contribution in [0.5, 0.6) is 0 Å². The largest absolute Gasteiger partial charge is 0.358 e. The van der Waals surface area contributed by atoms with E-state index in [4.69, 9.17) is 0 Å². The second-order valence-corrected chi connectivity index (χ2v) is 6.75. The van der Waals surface area contributed by atoms with Crippen molar-refractivity contribution in [2.24, 2.45) is 0 Å². The molecule has 0 bridgehead atoms. The molecule has 2 N–H and O–H groups in total. The van der Waals surface area contributed by atoms with Crippen molar-refractivity contribution >= 4 is 22.5 Å². The van der Waals surface area contributed by atoms with Gasteiger partial charge in [-0.25, -0.2) is 14.6 Å². The fourth-order valence-corrected chi connectivity index (χ4v) is 3.67. The molecule has 0 saturated carbocycles. The Morgan fingerprint density at radius 1 is 1.15 bits per heavy atom. The third kappa shape index (κ3) is 2.87. The van der Waals surface area contributed by atoms with E-state index in [2.05, 4.69) is 25.4 Å². The van der Waals surface area contributed by atoms with E-state index in [9.17, 15) is 4.79 Å². The van der Waals surface area contributed by atoms with Crippen molar-refractivity contribution in [3.8, 4) is 5.82 Å². The van der Waals surface area contributed by atoms with Gasteiger partial charge in [-0.3, -0.25) is 4.79 Å². The van der Waals surface area contributed by atoms with E-state index < -0.39 is 0 Å². The third-order valence-corrected chi connectivity index (χ3v) is 5.02. The molecule has 3 aromatic heterocycles. The van der Waals surface area contributed by atoms with Crippen molar-refractivity contribution in [1.82, 2.24) is 24.7 Å². The fourth-order valence-electron chi connectivity index (χ4n) is 3.67. The summed E-state index contributed by atoms with van der Waals surface area (Å²) in [6, 6.07) is 9.43. The first kappa shape index (κ1) is 15.7. The number of carbonyl (C=O) groups excluding carboxylic acids is 1. The molecule has 1 aromatic carbocycles. The summed E-state index contributed by atoms with van der Waals surface area (Å²) in [7, 11) is 0. The summed E-state index contributed by atoms with van der Waals surface area (Å²) < 4.78 is 1.56. The molecule has 0 fully saturated rings. The van der Waals surface area contributed by atoms with Crippen LogP contribution in [0.25, 0.3) is 16.7 Å². The van der Waals surface area contributed by atoms with Gasteiger partial charge >= 0.3 is 0 Å². The lowest BCUT2D eigenvalue weighted by Crippen LogP contribution is -2.12. The summed E-state index contributed by atoms with van der Waals surface area (Å²) in [5.41, 5.74) is 5.08. The van der Waals surface area contributed by atoms with Crippen molar-refractivity contribution < 1.29 is 4.79 Å². The number of rotatable bonds is 3. The Hall–Kier alpha value is -3.48. The molecular formula is C20H18N6O. The number of hydrogen-bond acceptors (Lipinski definition) is 4. The van der Waals surface area contributed by atoms with E-state index in [1.54, 1.807) is 29.3 Å². The maximum Gasteiger partial charge on any atom is 0.255 e. The fraction of sp³-hybridized carbons (Fsp3) is 0.200. The maximum absolute atomic E-state index is 12.7. The molecule has 7 heteroatoms. The minimum atomic E-state index is -0.141. The number of aromatic amines is 1. The number of hydrogen-bond donors (Lipinski definition) is 2.